The summed E-state index contributed by atoms with van der Waals surface area (Å²) in [6.45, 7) is 1.70. The second kappa shape index (κ2) is 6.45. The zero-order valence-electron chi connectivity index (χ0n) is 9.76. The number of hydrogen-bond donors (Lipinski definition) is 1. The van der Waals surface area contributed by atoms with Crippen molar-refractivity contribution in [3.8, 4) is 0 Å². The molecule has 1 aliphatic rings. The van der Waals surface area contributed by atoms with Crippen molar-refractivity contribution in [2.45, 2.75) is 25.7 Å². The average Bonchev–Trinajstić information content (AvgIpc) is 2.57. The summed E-state index contributed by atoms with van der Waals surface area (Å²) >= 11 is 0. The molecule has 1 saturated heterocycles. The monoisotopic (exact) mass is 255 g/mol. The van der Waals surface area contributed by atoms with Crippen LogP contribution in [0.1, 0.15) is 36.2 Å². The molecule has 1 fully saturated rings. The molecule has 5 heteroatoms. The maximum absolute atomic E-state index is 12.1. The van der Waals surface area contributed by atoms with Crippen LogP contribution in [0.2, 0.25) is 0 Å². The van der Waals surface area contributed by atoms with E-state index in [9.17, 15) is 4.79 Å². The fourth-order valence-corrected chi connectivity index (χ4v) is 1.97. The molecule has 1 aliphatic heterocycles. The van der Waals surface area contributed by atoms with E-state index < -0.39 is 0 Å². The highest BCUT2D eigenvalue weighted by Crippen LogP contribution is 2.12. The molecule has 1 aromatic rings. The van der Waals surface area contributed by atoms with Gasteiger partial charge in [-0.3, -0.25) is 4.79 Å². The minimum Gasteiger partial charge on any atom is -0.397 e. The lowest BCUT2D eigenvalue weighted by Crippen LogP contribution is -2.32. The Bertz CT molecular complexity index is 359. The Hall–Kier alpha value is -1.29. The van der Waals surface area contributed by atoms with E-state index >= 15 is 0 Å². The zero-order chi connectivity index (χ0) is 11.4. The molecule has 0 radical (unpaired) electrons. The lowest BCUT2D eigenvalue weighted by atomic mass is 10.2. The van der Waals surface area contributed by atoms with E-state index in [4.69, 9.17) is 5.73 Å². The van der Waals surface area contributed by atoms with Crippen LogP contribution in [-0.2, 0) is 0 Å². The third kappa shape index (κ3) is 3.60. The van der Waals surface area contributed by atoms with Gasteiger partial charge in [0.15, 0.2) is 0 Å². The summed E-state index contributed by atoms with van der Waals surface area (Å²) in [4.78, 5) is 18.0. The van der Waals surface area contributed by atoms with Crippen LogP contribution < -0.4 is 5.73 Å². The maximum atomic E-state index is 12.1. The molecule has 0 spiro atoms. The van der Waals surface area contributed by atoms with Crippen LogP contribution in [0.3, 0.4) is 0 Å². The highest BCUT2D eigenvalue weighted by atomic mass is 35.5. The first-order valence-electron chi connectivity index (χ1n) is 5.78. The molecule has 0 saturated carbocycles. The van der Waals surface area contributed by atoms with Crippen molar-refractivity contribution in [2.75, 3.05) is 18.8 Å². The molecule has 1 amide bonds. The molecule has 2 heterocycles. The van der Waals surface area contributed by atoms with Crippen LogP contribution in [0.15, 0.2) is 18.3 Å². The van der Waals surface area contributed by atoms with E-state index in [1.807, 2.05) is 4.90 Å². The highest BCUT2D eigenvalue weighted by molar-refractivity contribution is 5.92. The van der Waals surface area contributed by atoms with Crippen molar-refractivity contribution in [3.05, 3.63) is 24.0 Å². The van der Waals surface area contributed by atoms with Crippen molar-refractivity contribution in [3.63, 3.8) is 0 Å². The predicted molar refractivity (Wildman–Crippen MR) is 70.3 cm³/mol. The van der Waals surface area contributed by atoms with Crippen LogP contribution in [0.5, 0.6) is 0 Å². The van der Waals surface area contributed by atoms with E-state index in [1.54, 1.807) is 12.1 Å². The number of anilines is 1. The minimum atomic E-state index is 0. The number of pyridine rings is 1. The molecule has 94 valence electrons. The van der Waals surface area contributed by atoms with Crippen LogP contribution in [0.25, 0.3) is 0 Å². The molecule has 0 bridgehead atoms. The Morgan fingerprint density at radius 1 is 1.18 bits per heavy atom. The second-order valence-electron chi connectivity index (χ2n) is 4.18. The largest absolute Gasteiger partial charge is 0.397 e. The first kappa shape index (κ1) is 13.8. The van der Waals surface area contributed by atoms with Gasteiger partial charge in [-0.05, 0) is 25.0 Å². The lowest BCUT2D eigenvalue weighted by molar-refractivity contribution is 0.0756. The molecule has 1 aromatic heterocycles. The lowest BCUT2D eigenvalue weighted by Gasteiger charge is -2.19. The van der Waals surface area contributed by atoms with Gasteiger partial charge >= 0.3 is 0 Å². The Morgan fingerprint density at radius 2 is 1.82 bits per heavy atom. The smallest absolute Gasteiger partial charge is 0.272 e. The SMILES string of the molecule is Cl.Nc1ccc(C(=O)N2CCCCCC2)nc1. The summed E-state index contributed by atoms with van der Waals surface area (Å²) in [5.41, 5.74) is 6.63. The number of aromatic nitrogens is 1. The second-order valence-corrected chi connectivity index (χ2v) is 4.18. The molecule has 0 aliphatic carbocycles. The number of nitrogens with zero attached hydrogens (tertiary/aromatic N) is 2. The highest BCUT2D eigenvalue weighted by Gasteiger charge is 2.17. The Morgan fingerprint density at radius 3 is 2.35 bits per heavy atom. The average molecular weight is 256 g/mol. The van der Waals surface area contributed by atoms with Gasteiger partial charge in [0.1, 0.15) is 5.69 Å². The first-order chi connectivity index (χ1) is 7.77. The summed E-state index contributed by atoms with van der Waals surface area (Å²) in [6, 6.07) is 3.42. The van der Waals surface area contributed by atoms with Gasteiger partial charge < -0.3 is 10.6 Å². The van der Waals surface area contributed by atoms with E-state index in [2.05, 4.69) is 4.98 Å². The summed E-state index contributed by atoms with van der Waals surface area (Å²) in [7, 11) is 0. The van der Waals surface area contributed by atoms with E-state index in [1.165, 1.54) is 19.0 Å². The first-order valence-corrected chi connectivity index (χ1v) is 5.78. The fraction of sp³-hybridized carbons (Fsp3) is 0.500. The topological polar surface area (TPSA) is 59.2 Å². The molecular weight excluding hydrogens is 238 g/mol. The predicted octanol–water partition coefficient (Wildman–Crippen LogP) is 2.10. The number of nitrogens with two attached hydrogens (primary N) is 1. The van der Waals surface area contributed by atoms with Gasteiger partial charge in [-0.25, -0.2) is 4.98 Å². The summed E-state index contributed by atoms with van der Waals surface area (Å²) in [5.74, 6) is 0.0295. The molecule has 2 rings (SSSR count). The summed E-state index contributed by atoms with van der Waals surface area (Å²) in [6.07, 6.45) is 6.17. The minimum absolute atomic E-state index is 0. The standard InChI is InChI=1S/C12H17N3O.ClH/c13-10-5-6-11(14-9-10)12(16)15-7-3-1-2-4-8-15;/h5-6,9H,1-4,7-8,13H2;1H. The third-order valence-corrected chi connectivity index (χ3v) is 2.90. The van der Waals surface area contributed by atoms with Crippen molar-refractivity contribution in [1.29, 1.82) is 0 Å². The van der Waals surface area contributed by atoms with Crippen molar-refractivity contribution < 1.29 is 4.79 Å². The maximum Gasteiger partial charge on any atom is 0.272 e. The normalized spacial score (nSPS) is 15.9. The van der Waals surface area contributed by atoms with Crippen molar-refractivity contribution in [2.24, 2.45) is 0 Å². The number of hydrogen-bond acceptors (Lipinski definition) is 3. The van der Waals surface area contributed by atoms with Crippen molar-refractivity contribution >= 4 is 24.0 Å². The Kier molecular flexibility index (Phi) is 5.22. The van der Waals surface area contributed by atoms with Crippen molar-refractivity contribution in [1.82, 2.24) is 9.88 Å². The quantitative estimate of drug-likeness (QED) is 0.836. The molecule has 0 aromatic carbocycles. The number of carbonyl (C=O) groups excluding carboxylic acids is 1. The number of carbonyl (C=O) groups is 1. The number of likely N-dealkylation sites (tertiary alicyclic amines) is 1. The zero-order valence-corrected chi connectivity index (χ0v) is 10.6. The van der Waals surface area contributed by atoms with E-state index in [-0.39, 0.29) is 18.3 Å². The molecular formula is C12H18ClN3O. The van der Waals surface area contributed by atoms with Crippen LogP contribution >= 0.6 is 12.4 Å². The van der Waals surface area contributed by atoms with Gasteiger partial charge in [-0.15, -0.1) is 12.4 Å². The number of nitrogen functional groups attached to an aromatic ring is 1. The van der Waals surface area contributed by atoms with Crippen LogP contribution in [0, 0.1) is 0 Å². The van der Waals surface area contributed by atoms with E-state index in [0.29, 0.717) is 11.4 Å². The van der Waals surface area contributed by atoms with Gasteiger partial charge in [0.2, 0.25) is 0 Å². The van der Waals surface area contributed by atoms with Gasteiger partial charge in [0.05, 0.1) is 11.9 Å². The third-order valence-electron chi connectivity index (χ3n) is 2.90. The molecule has 0 atom stereocenters. The Labute approximate surface area is 108 Å². The number of amides is 1. The molecule has 17 heavy (non-hydrogen) atoms. The van der Waals surface area contributed by atoms with Crippen LogP contribution in [-0.4, -0.2) is 28.9 Å². The van der Waals surface area contributed by atoms with Gasteiger partial charge in [0, 0.05) is 13.1 Å². The molecule has 0 unspecified atom stereocenters. The van der Waals surface area contributed by atoms with Crippen LogP contribution in [0.4, 0.5) is 5.69 Å². The number of halogens is 1. The Balaban J connectivity index is 0.00000144. The van der Waals surface area contributed by atoms with Gasteiger partial charge in [-0.2, -0.15) is 0 Å². The fourth-order valence-electron chi connectivity index (χ4n) is 1.97. The number of rotatable bonds is 1. The summed E-state index contributed by atoms with van der Waals surface area (Å²) in [5, 5.41) is 0. The van der Waals surface area contributed by atoms with Gasteiger partial charge in [0.25, 0.3) is 5.91 Å². The molecule has 4 nitrogen and oxygen atoms in total. The van der Waals surface area contributed by atoms with Gasteiger partial charge in [-0.1, -0.05) is 12.8 Å². The molecule has 2 N–H and O–H groups in total. The van der Waals surface area contributed by atoms with E-state index in [0.717, 1.165) is 25.9 Å². The summed E-state index contributed by atoms with van der Waals surface area (Å²) < 4.78 is 0.